The van der Waals surface area contributed by atoms with Crippen molar-refractivity contribution in [1.29, 1.82) is 0 Å². The van der Waals surface area contributed by atoms with E-state index in [1.807, 2.05) is 31.4 Å². The Labute approximate surface area is 122 Å². The summed E-state index contributed by atoms with van der Waals surface area (Å²) in [5.41, 5.74) is 0. The minimum atomic E-state index is -0.821. The van der Waals surface area contributed by atoms with Gasteiger partial charge in [-0.05, 0) is 23.8 Å². The molecule has 1 aromatic heterocycles. The van der Waals surface area contributed by atoms with Crippen LogP contribution in [0.5, 0.6) is 0 Å². The van der Waals surface area contributed by atoms with Crippen LogP contribution in [0.2, 0.25) is 0 Å². The van der Waals surface area contributed by atoms with Crippen molar-refractivity contribution in [3.8, 4) is 0 Å². The summed E-state index contributed by atoms with van der Waals surface area (Å²) >= 11 is 1.62. The molecule has 2 N–H and O–H groups in total. The molecule has 3 unspecified atom stereocenters. The highest BCUT2D eigenvalue weighted by molar-refractivity contribution is 7.10. The molecule has 2 amide bonds. The van der Waals surface area contributed by atoms with Gasteiger partial charge in [0.25, 0.3) is 0 Å². The van der Waals surface area contributed by atoms with E-state index in [9.17, 15) is 9.59 Å². The molecule has 1 fully saturated rings. The molecule has 0 radical (unpaired) electrons. The molecule has 1 aliphatic rings. The molecule has 2 heterocycles. The van der Waals surface area contributed by atoms with Crippen LogP contribution in [0.15, 0.2) is 17.5 Å². The Bertz CT molecular complexity index is 475. The number of likely N-dealkylation sites (tertiary alicyclic amines) is 1. The van der Waals surface area contributed by atoms with Crippen LogP contribution in [-0.2, 0) is 4.79 Å². The number of urea groups is 1. The molecule has 1 aromatic rings. The van der Waals surface area contributed by atoms with Gasteiger partial charge >= 0.3 is 12.0 Å². The number of carboxylic acids is 1. The summed E-state index contributed by atoms with van der Waals surface area (Å²) in [5, 5.41) is 14.1. The SMILES string of the molecule is CCC(NC(=O)N1CC(C)C(C(=O)O)C1)c1cccs1. The summed E-state index contributed by atoms with van der Waals surface area (Å²) in [6.07, 6.45) is 0.817. The van der Waals surface area contributed by atoms with Gasteiger partial charge in [0.15, 0.2) is 0 Å². The number of carbonyl (C=O) groups excluding carboxylic acids is 1. The molecule has 1 aliphatic heterocycles. The monoisotopic (exact) mass is 296 g/mol. The van der Waals surface area contributed by atoms with Crippen LogP contribution in [-0.4, -0.2) is 35.1 Å². The standard InChI is InChI=1S/C14H20N2O3S/c1-3-11(12-5-4-6-20-12)15-14(19)16-7-9(2)10(8-16)13(17)18/h4-6,9-11H,3,7-8H2,1-2H3,(H,15,19)(H,17,18). The van der Waals surface area contributed by atoms with E-state index in [4.69, 9.17) is 5.11 Å². The van der Waals surface area contributed by atoms with Crippen molar-refractivity contribution in [2.24, 2.45) is 11.8 Å². The fraction of sp³-hybridized carbons (Fsp3) is 0.571. The summed E-state index contributed by atoms with van der Waals surface area (Å²) < 4.78 is 0. The largest absolute Gasteiger partial charge is 0.481 e. The number of nitrogens with one attached hydrogen (secondary N) is 1. The second-order valence-corrected chi connectivity index (χ2v) is 6.23. The summed E-state index contributed by atoms with van der Waals surface area (Å²) in [5.74, 6) is -1.28. The zero-order valence-electron chi connectivity index (χ0n) is 11.7. The Hall–Kier alpha value is -1.56. The van der Waals surface area contributed by atoms with E-state index in [1.54, 1.807) is 16.2 Å². The highest BCUT2D eigenvalue weighted by Gasteiger charge is 2.37. The second-order valence-electron chi connectivity index (χ2n) is 5.25. The van der Waals surface area contributed by atoms with E-state index >= 15 is 0 Å². The number of aliphatic carboxylic acids is 1. The molecule has 0 bridgehead atoms. The van der Waals surface area contributed by atoms with Crippen LogP contribution in [0, 0.1) is 11.8 Å². The van der Waals surface area contributed by atoms with E-state index in [0.29, 0.717) is 13.1 Å². The maximum absolute atomic E-state index is 12.3. The summed E-state index contributed by atoms with van der Waals surface area (Å²) in [6.45, 7) is 4.70. The normalized spacial score (nSPS) is 23.6. The molecule has 0 aromatic carbocycles. The predicted octanol–water partition coefficient (Wildman–Crippen LogP) is 2.56. The molecule has 3 atom stereocenters. The molecule has 0 spiro atoms. The van der Waals surface area contributed by atoms with Gasteiger partial charge in [-0.25, -0.2) is 4.79 Å². The van der Waals surface area contributed by atoms with E-state index in [2.05, 4.69) is 5.32 Å². The van der Waals surface area contributed by atoms with Crippen LogP contribution in [0.4, 0.5) is 4.79 Å². The van der Waals surface area contributed by atoms with Gasteiger partial charge in [0.1, 0.15) is 0 Å². The predicted molar refractivity (Wildman–Crippen MR) is 77.7 cm³/mol. The van der Waals surface area contributed by atoms with Gasteiger partial charge in [-0.15, -0.1) is 11.3 Å². The van der Waals surface area contributed by atoms with Gasteiger partial charge in [-0.3, -0.25) is 4.79 Å². The van der Waals surface area contributed by atoms with E-state index in [-0.39, 0.29) is 18.0 Å². The van der Waals surface area contributed by atoms with Crippen LogP contribution in [0.25, 0.3) is 0 Å². The van der Waals surface area contributed by atoms with E-state index in [0.717, 1.165) is 11.3 Å². The third kappa shape index (κ3) is 3.12. The quantitative estimate of drug-likeness (QED) is 0.897. The Balaban J connectivity index is 1.97. The zero-order valence-corrected chi connectivity index (χ0v) is 12.5. The lowest BCUT2D eigenvalue weighted by Crippen LogP contribution is -2.40. The lowest BCUT2D eigenvalue weighted by molar-refractivity contribution is -0.142. The third-order valence-corrected chi connectivity index (χ3v) is 4.80. The Kier molecular flexibility index (Phi) is 4.65. The van der Waals surface area contributed by atoms with Crippen LogP contribution >= 0.6 is 11.3 Å². The van der Waals surface area contributed by atoms with Crippen molar-refractivity contribution in [1.82, 2.24) is 10.2 Å². The van der Waals surface area contributed by atoms with E-state index < -0.39 is 11.9 Å². The van der Waals surface area contributed by atoms with E-state index in [1.165, 1.54) is 0 Å². The molecule has 2 rings (SSSR count). The first-order valence-electron chi connectivity index (χ1n) is 6.84. The number of hydrogen-bond acceptors (Lipinski definition) is 3. The molecule has 0 saturated carbocycles. The Morgan fingerprint density at radius 2 is 2.30 bits per heavy atom. The van der Waals surface area contributed by atoms with Gasteiger partial charge in [0, 0.05) is 18.0 Å². The second kappa shape index (κ2) is 6.26. The Morgan fingerprint density at radius 1 is 1.55 bits per heavy atom. The molecule has 0 aliphatic carbocycles. The number of carbonyl (C=O) groups is 2. The minimum absolute atomic E-state index is 0.0000596. The molecule has 6 heteroatoms. The summed E-state index contributed by atoms with van der Waals surface area (Å²) in [6, 6.07) is 3.81. The number of carboxylic acid groups (broad SMARTS) is 1. The molecular weight excluding hydrogens is 276 g/mol. The van der Waals surface area contributed by atoms with Gasteiger partial charge in [-0.2, -0.15) is 0 Å². The maximum Gasteiger partial charge on any atom is 0.317 e. The smallest absolute Gasteiger partial charge is 0.317 e. The lowest BCUT2D eigenvalue weighted by Gasteiger charge is -2.21. The van der Waals surface area contributed by atoms with Gasteiger partial charge in [0.05, 0.1) is 12.0 Å². The van der Waals surface area contributed by atoms with Crippen molar-refractivity contribution < 1.29 is 14.7 Å². The minimum Gasteiger partial charge on any atom is -0.481 e. The van der Waals surface area contributed by atoms with Gasteiger partial charge in [0.2, 0.25) is 0 Å². The highest BCUT2D eigenvalue weighted by atomic mass is 32.1. The van der Waals surface area contributed by atoms with Crippen LogP contribution in [0.1, 0.15) is 31.2 Å². The van der Waals surface area contributed by atoms with Crippen LogP contribution in [0.3, 0.4) is 0 Å². The fourth-order valence-corrected chi connectivity index (χ4v) is 3.42. The number of hydrogen-bond donors (Lipinski definition) is 2. The van der Waals surface area contributed by atoms with Crippen molar-refractivity contribution in [3.05, 3.63) is 22.4 Å². The fourth-order valence-electron chi connectivity index (χ4n) is 2.56. The highest BCUT2D eigenvalue weighted by Crippen LogP contribution is 2.25. The average Bonchev–Trinajstić information content (AvgIpc) is 3.04. The first kappa shape index (κ1) is 14.8. The molecular formula is C14H20N2O3S. The summed E-state index contributed by atoms with van der Waals surface area (Å²) in [4.78, 5) is 26.1. The van der Waals surface area contributed by atoms with Crippen molar-refractivity contribution in [2.75, 3.05) is 13.1 Å². The summed E-state index contributed by atoms with van der Waals surface area (Å²) in [7, 11) is 0. The molecule has 1 saturated heterocycles. The number of thiophene rings is 1. The topological polar surface area (TPSA) is 69.6 Å². The lowest BCUT2D eigenvalue weighted by atomic mass is 9.99. The molecule has 110 valence electrons. The average molecular weight is 296 g/mol. The number of rotatable bonds is 4. The molecule has 20 heavy (non-hydrogen) atoms. The Morgan fingerprint density at radius 3 is 2.80 bits per heavy atom. The van der Waals surface area contributed by atoms with Gasteiger partial charge in [-0.1, -0.05) is 19.9 Å². The van der Waals surface area contributed by atoms with Crippen molar-refractivity contribution >= 4 is 23.3 Å². The van der Waals surface area contributed by atoms with Crippen LogP contribution < -0.4 is 5.32 Å². The van der Waals surface area contributed by atoms with Crippen molar-refractivity contribution in [3.63, 3.8) is 0 Å². The van der Waals surface area contributed by atoms with Crippen molar-refractivity contribution in [2.45, 2.75) is 26.3 Å². The maximum atomic E-state index is 12.3. The number of amides is 2. The first-order valence-corrected chi connectivity index (χ1v) is 7.72. The third-order valence-electron chi connectivity index (χ3n) is 3.81. The zero-order chi connectivity index (χ0) is 14.7. The number of nitrogens with zero attached hydrogens (tertiary/aromatic N) is 1. The van der Waals surface area contributed by atoms with Gasteiger partial charge < -0.3 is 15.3 Å². The molecule has 5 nitrogen and oxygen atoms in total. The first-order chi connectivity index (χ1) is 9.52.